The van der Waals surface area contributed by atoms with Crippen LogP contribution >= 0.6 is 0 Å². The zero-order valence-corrected chi connectivity index (χ0v) is 35.3. The normalized spacial score (nSPS) is 21.2. The van der Waals surface area contributed by atoms with E-state index in [0.717, 1.165) is 37.7 Å². The van der Waals surface area contributed by atoms with Crippen LogP contribution in [0.4, 0.5) is 4.79 Å². The van der Waals surface area contributed by atoms with E-state index in [1.54, 1.807) is 66.0 Å². The maximum absolute atomic E-state index is 14.4. The lowest BCUT2D eigenvalue weighted by atomic mass is 9.82. The van der Waals surface area contributed by atoms with Crippen molar-refractivity contribution in [3.8, 4) is 5.75 Å². The quantitative estimate of drug-likeness (QED) is 0.111. The van der Waals surface area contributed by atoms with Gasteiger partial charge in [-0.1, -0.05) is 64.5 Å². The molecule has 3 aliphatic rings. The van der Waals surface area contributed by atoms with Gasteiger partial charge in [-0.3, -0.25) is 24.1 Å². The summed E-state index contributed by atoms with van der Waals surface area (Å²) >= 11 is 0. The Kier molecular flexibility index (Phi) is 17.3. The summed E-state index contributed by atoms with van der Waals surface area (Å²) in [6.45, 7) is 12.3. The largest absolute Gasteiger partial charge is 0.497 e. The minimum atomic E-state index is -1.48. The molecule has 2 aliphatic heterocycles. The van der Waals surface area contributed by atoms with Crippen LogP contribution in [0.2, 0.25) is 0 Å². The van der Waals surface area contributed by atoms with E-state index < -0.39 is 71.6 Å². The van der Waals surface area contributed by atoms with E-state index in [1.165, 1.54) is 0 Å². The van der Waals surface area contributed by atoms with Gasteiger partial charge in [-0.25, -0.2) is 9.59 Å². The topological polar surface area (TPSA) is 203 Å². The molecule has 4 amide bonds. The zero-order valence-electron chi connectivity index (χ0n) is 35.3. The van der Waals surface area contributed by atoms with Gasteiger partial charge < -0.3 is 45.0 Å². The van der Waals surface area contributed by atoms with Crippen molar-refractivity contribution in [3.05, 3.63) is 29.8 Å². The molecule has 4 N–H and O–H groups in total. The molecule has 16 heteroatoms. The number of hydrogen-bond donors (Lipinski definition) is 4. The molecule has 58 heavy (non-hydrogen) atoms. The Hall–Kier alpha value is -4.28. The first-order chi connectivity index (χ1) is 27.5. The summed E-state index contributed by atoms with van der Waals surface area (Å²) in [7, 11) is 1.55. The molecule has 0 aromatic heterocycles. The SMILES string of the molecule is CCC(C)[C@H](NC(=O)OC(C)(C)C)C(=O)OC[C@]1(C(=O)[C@H](CC2CCCCC2)NC(=O)[C@H](Cc2ccc(OC)cc2)NC(=O)[C@H](C)NC(=O)CN2CCOCC2)CO1. The zero-order chi connectivity index (χ0) is 42.5. The molecule has 2 heterocycles. The van der Waals surface area contributed by atoms with Crippen molar-refractivity contribution in [2.45, 2.75) is 128 Å². The number of hydrogen-bond acceptors (Lipinski definition) is 12. The minimum absolute atomic E-state index is 0.0165. The summed E-state index contributed by atoms with van der Waals surface area (Å²) in [5.74, 6) is -2.17. The third-order valence-electron chi connectivity index (χ3n) is 10.9. The molecular weight excluding hydrogens is 750 g/mol. The van der Waals surface area contributed by atoms with E-state index in [9.17, 15) is 28.8 Å². The first kappa shape index (κ1) is 46.4. The lowest BCUT2D eigenvalue weighted by Gasteiger charge is -2.30. The van der Waals surface area contributed by atoms with Crippen LogP contribution in [0.3, 0.4) is 0 Å². The Morgan fingerprint density at radius 1 is 0.897 bits per heavy atom. The van der Waals surface area contributed by atoms with Crippen LogP contribution in [0.5, 0.6) is 5.75 Å². The first-order valence-corrected chi connectivity index (χ1v) is 20.7. The Morgan fingerprint density at radius 3 is 2.12 bits per heavy atom. The van der Waals surface area contributed by atoms with Crippen LogP contribution in [0, 0.1) is 11.8 Å². The van der Waals surface area contributed by atoms with Gasteiger partial charge in [-0.05, 0) is 63.6 Å². The third-order valence-corrected chi connectivity index (χ3v) is 10.9. The van der Waals surface area contributed by atoms with Crippen molar-refractivity contribution in [1.82, 2.24) is 26.2 Å². The molecule has 0 radical (unpaired) electrons. The molecule has 6 atom stereocenters. The second-order valence-corrected chi connectivity index (χ2v) is 16.9. The average molecular weight is 816 g/mol. The number of nitrogens with one attached hydrogen (secondary N) is 4. The van der Waals surface area contributed by atoms with Crippen LogP contribution in [0.25, 0.3) is 0 Å². The smallest absolute Gasteiger partial charge is 0.408 e. The van der Waals surface area contributed by atoms with Crippen molar-refractivity contribution in [2.24, 2.45) is 11.8 Å². The summed E-state index contributed by atoms with van der Waals surface area (Å²) in [6, 6.07) is 2.96. The monoisotopic (exact) mass is 815 g/mol. The number of ether oxygens (including phenoxy) is 5. The van der Waals surface area contributed by atoms with E-state index in [2.05, 4.69) is 21.3 Å². The molecule has 1 aromatic rings. The predicted octanol–water partition coefficient (Wildman–Crippen LogP) is 2.84. The number of carbonyl (C=O) groups excluding carboxylic acids is 6. The van der Waals surface area contributed by atoms with Gasteiger partial charge in [0, 0.05) is 19.5 Å². The van der Waals surface area contributed by atoms with Crippen molar-refractivity contribution in [1.29, 1.82) is 0 Å². The third kappa shape index (κ3) is 14.5. The number of esters is 1. The molecule has 324 valence electrons. The molecule has 1 aromatic carbocycles. The fourth-order valence-corrected chi connectivity index (χ4v) is 7.16. The number of rotatable bonds is 20. The second kappa shape index (κ2) is 21.6. The average Bonchev–Trinajstić information content (AvgIpc) is 3.99. The highest BCUT2D eigenvalue weighted by molar-refractivity contribution is 5.99. The number of epoxide rings is 1. The maximum atomic E-state index is 14.4. The van der Waals surface area contributed by atoms with Crippen LogP contribution in [0.1, 0.15) is 92.1 Å². The number of Topliss-reactive ketones (excluding diaryl/α,β-unsaturated/α-hetero) is 1. The Bertz CT molecular complexity index is 1550. The van der Waals surface area contributed by atoms with Gasteiger partial charge >= 0.3 is 12.1 Å². The number of carbonyl (C=O) groups is 6. The number of methoxy groups -OCH3 is 1. The molecule has 4 rings (SSSR count). The van der Waals surface area contributed by atoms with E-state index >= 15 is 0 Å². The number of morpholine rings is 1. The van der Waals surface area contributed by atoms with Gasteiger partial charge in [0.15, 0.2) is 11.4 Å². The van der Waals surface area contributed by atoms with Gasteiger partial charge in [0.25, 0.3) is 0 Å². The molecule has 1 aliphatic carbocycles. The fourth-order valence-electron chi connectivity index (χ4n) is 7.16. The molecule has 0 spiro atoms. The van der Waals surface area contributed by atoms with Crippen LogP contribution in [0.15, 0.2) is 24.3 Å². The van der Waals surface area contributed by atoms with Gasteiger partial charge in [-0.15, -0.1) is 0 Å². The highest BCUT2D eigenvalue weighted by Crippen LogP contribution is 2.34. The van der Waals surface area contributed by atoms with Crippen molar-refractivity contribution in [2.75, 3.05) is 53.2 Å². The first-order valence-electron chi connectivity index (χ1n) is 20.7. The molecule has 1 unspecified atom stereocenters. The van der Waals surface area contributed by atoms with Crippen molar-refractivity contribution >= 4 is 35.6 Å². The Morgan fingerprint density at radius 2 is 1.53 bits per heavy atom. The summed E-state index contributed by atoms with van der Waals surface area (Å²) in [6.07, 6.45) is 5.11. The minimum Gasteiger partial charge on any atom is -0.497 e. The summed E-state index contributed by atoms with van der Waals surface area (Å²) in [5.41, 5.74) is -1.54. The van der Waals surface area contributed by atoms with Gasteiger partial charge in [-0.2, -0.15) is 0 Å². The molecule has 2 saturated heterocycles. The number of ketones is 1. The lowest BCUT2D eigenvalue weighted by Crippen LogP contribution is -2.58. The Balaban J connectivity index is 1.50. The number of amides is 4. The highest BCUT2D eigenvalue weighted by atomic mass is 16.6. The molecular formula is C42H65N5O11. The Labute approximate surface area is 342 Å². The van der Waals surface area contributed by atoms with Gasteiger partial charge in [0.05, 0.1) is 39.5 Å². The number of benzene rings is 1. The second-order valence-electron chi connectivity index (χ2n) is 16.9. The summed E-state index contributed by atoms with van der Waals surface area (Å²) < 4.78 is 27.4. The lowest BCUT2D eigenvalue weighted by molar-refractivity contribution is -0.151. The van der Waals surface area contributed by atoms with Crippen LogP contribution < -0.4 is 26.0 Å². The maximum Gasteiger partial charge on any atom is 0.408 e. The predicted molar refractivity (Wildman–Crippen MR) is 214 cm³/mol. The number of alkyl carbamates (subject to hydrolysis) is 1. The van der Waals surface area contributed by atoms with E-state index in [4.69, 9.17) is 23.7 Å². The summed E-state index contributed by atoms with van der Waals surface area (Å²) in [5, 5.41) is 11.1. The highest BCUT2D eigenvalue weighted by Gasteiger charge is 2.56. The number of nitrogens with zero attached hydrogens (tertiary/aromatic N) is 1. The van der Waals surface area contributed by atoms with Crippen LogP contribution in [-0.4, -0.2) is 129 Å². The fraction of sp³-hybridized carbons (Fsp3) is 0.714. The molecule has 1 saturated carbocycles. The van der Waals surface area contributed by atoms with Crippen molar-refractivity contribution in [3.63, 3.8) is 0 Å². The standard InChI is InChI=1S/C42H65N5O11/c1-8-27(2)35(46-40(53)58-41(4,5)6)39(52)56-25-42(26-57-42)36(49)32(22-29-12-10-9-11-13-29)44-38(51)33(23-30-14-16-31(54-7)17-15-30)45-37(50)28(3)43-34(48)24-47-18-20-55-21-19-47/h14-17,27-29,32-33,35H,8-13,18-26H2,1-7H3,(H,43,48)(H,44,51)(H,45,50)(H,46,53)/t27?,28-,32-,33-,35-,42+/m0/s1. The van der Waals surface area contributed by atoms with Crippen molar-refractivity contribution < 1.29 is 52.5 Å². The van der Waals surface area contributed by atoms with E-state index in [-0.39, 0.29) is 37.3 Å². The van der Waals surface area contributed by atoms with Gasteiger partial charge in [0.1, 0.15) is 36.1 Å². The van der Waals surface area contributed by atoms with Gasteiger partial charge in [0.2, 0.25) is 17.7 Å². The van der Waals surface area contributed by atoms with Crippen LogP contribution in [-0.2, 0) is 49.3 Å². The van der Waals surface area contributed by atoms with E-state index in [0.29, 0.717) is 44.9 Å². The summed E-state index contributed by atoms with van der Waals surface area (Å²) in [4.78, 5) is 83.1. The molecule has 3 fully saturated rings. The van der Waals surface area contributed by atoms with E-state index in [1.807, 2.05) is 11.8 Å². The molecule has 0 bridgehead atoms. The molecule has 16 nitrogen and oxygen atoms in total.